The molecule has 6 nitrogen and oxygen atoms in total. The minimum atomic E-state index is -0.970. The Balaban J connectivity index is 1.59. The number of hydrogen-bond acceptors (Lipinski definition) is 6. The van der Waals surface area contributed by atoms with Crippen LogP contribution in [-0.4, -0.2) is 52.0 Å². The van der Waals surface area contributed by atoms with Crippen molar-refractivity contribution in [2.24, 2.45) is 0 Å². The van der Waals surface area contributed by atoms with Gasteiger partial charge in [-0.05, 0) is 68.2 Å². The zero-order valence-electron chi connectivity index (χ0n) is 16.1. The molecule has 160 valence electrons. The number of carbonyl (C=O) groups excluding carboxylic acids is 1. The van der Waals surface area contributed by atoms with Crippen molar-refractivity contribution in [3.05, 3.63) is 53.1 Å². The molecule has 2 aliphatic rings. The molecule has 0 aromatic heterocycles. The number of nitrogens with zero attached hydrogens (tertiary/aromatic N) is 2. The number of piperazine rings is 1. The van der Waals surface area contributed by atoms with Crippen LogP contribution < -0.4 is 10.2 Å². The standard InChI is InChI=1S/C20H20ClF2N3O3S/c1-25-10-13-6-7-20(11-25,19(27)24-28)26(13)30-15-8-16(22)18(17(23)9-15)29-14-4-2-12(21)3-5-14/h2-5,8-9,13,28H,6-7,10-11H2,1H3,(H,24,27). The molecule has 4 rings (SSSR count). The summed E-state index contributed by atoms with van der Waals surface area (Å²) in [6.07, 6.45) is 1.29. The van der Waals surface area contributed by atoms with Gasteiger partial charge >= 0.3 is 0 Å². The highest BCUT2D eigenvalue weighted by atomic mass is 35.5. The highest BCUT2D eigenvalue weighted by Gasteiger charge is 2.56. The van der Waals surface area contributed by atoms with Gasteiger partial charge in [0, 0.05) is 29.0 Å². The van der Waals surface area contributed by atoms with Crippen LogP contribution in [0, 0.1) is 11.6 Å². The SMILES string of the molecule is CN1CC2CCC(C(=O)NO)(C1)N2Sc1cc(F)c(Oc2ccc(Cl)cc2)c(F)c1. The van der Waals surface area contributed by atoms with Crippen molar-refractivity contribution >= 4 is 29.5 Å². The topological polar surface area (TPSA) is 65.0 Å². The molecule has 0 saturated carbocycles. The number of amides is 1. The highest BCUT2D eigenvalue weighted by Crippen LogP contribution is 2.46. The van der Waals surface area contributed by atoms with E-state index in [2.05, 4.69) is 0 Å². The number of likely N-dealkylation sites (N-methyl/N-ethyl adjacent to an activating group) is 1. The first-order chi connectivity index (χ1) is 14.3. The molecule has 0 radical (unpaired) electrons. The van der Waals surface area contributed by atoms with E-state index in [-0.39, 0.29) is 11.8 Å². The average Bonchev–Trinajstić information content (AvgIpc) is 2.92. The summed E-state index contributed by atoms with van der Waals surface area (Å²) in [4.78, 5) is 14.8. The number of likely N-dealkylation sites (tertiary alicyclic amines) is 1. The lowest BCUT2D eigenvalue weighted by Crippen LogP contribution is -2.64. The van der Waals surface area contributed by atoms with E-state index >= 15 is 0 Å². The summed E-state index contributed by atoms with van der Waals surface area (Å²) in [5, 5.41) is 9.74. The second kappa shape index (κ2) is 8.32. The third kappa shape index (κ3) is 3.88. The smallest absolute Gasteiger partial charge is 0.266 e. The molecule has 2 N–H and O–H groups in total. The molecule has 30 heavy (non-hydrogen) atoms. The molecule has 0 aliphatic carbocycles. The summed E-state index contributed by atoms with van der Waals surface area (Å²) in [7, 11) is 1.90. The molecule has 1 amide bonds. The summed E-state index contributed by atoms with van der Waals surface area (Å²) in [6, 6.07) is 8.54. The van der Waals surface area contributed by atoms with Gasteiger partial charge in [-0.3, -0.25) is 10.0 Å². The zero-order valence-corrected chi connectivity index (χ0v) is 17.6. The third-order valence-electron chi connectivity index (χ3n) is 5.43. The molecule has 2 bridgehead atoms. The lowest BCUT2D eigenvalue weighted by molar-refractivity contribution is -0.140. The molecule has 2 unspecified atom stereocenters. The maximum atomic E-state index is 14.7. The molecule has 2 atom stereocenters. The van der Waals surface area contributed by atoms with Crippen molar-refractivity contribution in [3.8, 4) is 11.5 Å². The van der Waals surface area contributed by atoms with E-state index in [1.807, 2.05) is 16.3 Å². The molecule has 2 heterocycles. The van der Waals surface area contributed by atoms with Gasteiger partial charge in [-0.25, -0.2) is 18.6 Å². The maximum Gasteiger partial charge on any atom is 0.266 e. The van der Waals surface area contributed by atoms with Gasteiger partial charge < -0.3 is 9.64 Å². The van der Waals surface area contributed by atoms with Crippen LogP contribution in [0.3, 0.4) is 0 Å². The number of rotatable bonds is 5. The first-order valence-electron chi connectivity index (χ1n) is 9.35. The lowest BCUT2D eigenvalue weighted by atomic mass is 9.96. The first kappa shape index (κ1) is 21.3. The number of halogens is 3. The van der Waals surface area contributed by atoms with E-state index < -0.39 is 28.8 Å². The van der Waals surface area contributed by atoms with Crippen LogP contribution in [-0.2, 0) is 4.79 Å². The van der Waals surface area contributed by atoms with Gasteiger partial charge in [-0.1, -0.05) is 11.6 Å². The Morgan fingerprint density at radius 3 is 2.60 bits per heavy atom. The molecule has 2 saturated heterocycles. The normalized spacial score (nSPS) is 24.1. The summed E-state index contributed by atoms with van der Waals surface area (Å²) < 4.78 is 36.5. The van der Waals surface area contributed by atoms with E-state index in [9.17, 15) is 18.8 Å². The van der Waals surface area contributed by atoms with Crippen LogP contribution in [0.25, 0.3) is 0 Å². The molecule has 0 spiro atoms. The molecular formula is C20H20ClF2N3O3S. The Morgan fingerprint density at radius 2 is 1.97 bits per heavy atom. The van der Waals surface area contributed by atoms with Gasteiger partial charge in [-0.15, -0.1) is 0 Å². The first-order valence-corrected chi connectivity index (χ1v) is 10.5. The summed E-state index contributed by atoms with van der Waals surface area (Å²) in [5.41, 5.74) is 0.785. The van der Waals surface area contributed by atoms with E-state index in [0.717, 1.165) is 24.9 Å². The summed E-state index contributed by atoms with van der Waals surface area (Å²) >= 11 is 6.93. The van der Waals surface area contributed by atoms with Gasteiger partial charge in [0.15, 0.2) is 17.4 Å². The highest BCUT2D eigenvalue weighted by molar-refractivity contribution is 7.97. The Morgan fingerprint density at radius 1 is 1.30 bits per heavy atom. The molecule has 10 heteroatoms. The molecule has 2 fully saturated rings. The van der Waals surface area contributed by atoms with Crippen molar-refractivity contribution in [3.63, 3.8) is 0 Å². The van der Waals surface area contributed by atoms with E-state index in [0.29, 0.717) is 22.9 Å². The number of ether oxygens (including phenoxy) is 1. The molecular weight excluding hydrogens is 436 g/mol. The monoisotopic (exact) mass is 455 g/mol. The van der Waals surface area contributed by atoms with Crippen LogP contribution in [0.2, 0.25) is 5.02 Å². The predicted molar refractivity (Wildman–Crippen MR) is 109 cm³/mol. The average molecular weight is 456 g/mol. The molecule has 2 aromatic carbocycles. The number of carbonyl (C=O) groups is 1. The fraction of sp³-hybridized carbons (Fsp3) is 0.350. The largest absolute Gasteiger partial charge is 0.451 e. The van der Waals surface area contributed by atoms with E-state index in [1.54, 1.807) is 17.6 Å². The van der Waals surface area contributed by atoms with Crippen LogP contribution in [0.15, 0.2) is 41.3 Å². The number of hydrogen-bond donors (Lipinski definition) is 2. The van der Waals surface area contributed by atoms with Crippen molar-refractivity contribution in [2.45, 2.75) is 29.3 Å². The lowest BCUT2D eigenvalue weighted by Gasteiger charge is -2.45. The quantitative estimate of drug-likeness (QED) is 0.402. The zero-order chi connectivity index (χ0) is 21.5. The number of hydroxylamine groups is 1. The van der Waals surface area contributed by atoms with E-state index in [1.165, 1.54) is 24.3 Å². The third-order valence-corrected chi connectivity index (χ3v) is 6.97. The number of fused-ring (bicyclic) bond motifs is 2. The van der Waals surface area contributed by atoms with E-state index in [4.69, 9.17) is 16.3 Å². The van der Waals surface area contributed by atoms with Gasteiger partial charge in [-0.2, -0.15) is 0 Å². The fourth-order valence-corrected chi connectivity index (χ4v) is 5.53. The predicted octanol–water partition coefficient (Wildman–Crippen LogP) is 4.07. The Kier molecular flexibility index (Phi) is 5.91. The van der Waals surface area contributed by atoms with Gasteiger partial charge in [0.1, 0.15) is 11.3 Å². The minimum Gasteiger partial charge on any atom is -0.451 e. The maximum absolute atomic E-state index is 14.7. The number of benzene rings is 2. The summed E-state index contributed by atoms with van der Waals surface area (Å²) in [5.74, 6) is -2.48. The minimum absolute atomic E-state index is 0.0159. The number of nitrogens with one attached hydrogen (secondary N) is 1. The Hall–Kier alpha value is -1.91. The van der Waals surface area contributed by atoms with Crippen LogP contribution in [0.1, 0.15) is 12.8 Å². The Bertz CT molecular complexity index is 942. The van der Waals surface area contributed by atoms with Gasteiger partial charge in [0.05, 0.1) is 0 Å². The van der Waals surface area contributed by atoms with Gasteiger partial charge in [0.2, 0.25) is 0 Å². The Labute approximate surface area is 181 Å². The molecule has 2 aliphatic heterocycles. The second-order valence-corrected chi connectivity index (χ2v) is 9.03. The van der Waals surface area contributed by atoms with Crippen LogP contribution in [0.5, 0.6) is 11.5 Å². The van der Waals surface area contributed by atoms with Crippen LogP contribution >= 0.6 is 23.5 Å². The van der Waals surface area contributed by atoms with Crippen LogP contribution in [0.4, 0.5) is 8.78 Å². The van der Waals surface area contributed by atoms with Crippen molar-refractivity contribution in [1.29, 1.82) is 0 Å². The van der Waals surface area contributed by atoms with Crippen molar-refractivity contribution in [2.75, 3.05) is 20.1 Å². The van der Waals surface area contributed by atoms with Crippen molar-refractivity contribution < 1.29 is 23.5 Å². The van der Waals surface area contributed by atoms with Gasteiger partial charge in [0.25, 0.3) is 5.91 Å². The molecule has 2 aromatic rings. The van der Waals surface area contributed by atoms with Crippen molar-refractivity contribution in [1.82, 2.24) is 14.7 Å². The second-order valence-electron chi connectivity index (χ2n) is 7.55. The fourth-order valence-electron chi connectivity index (χ4n) is 4.14. The summed E-state index contributed by atoms with van der Waals surface area (Å²) in [6.45, 7) is 1.13.